The number of nitrogens with one attached hydrogen (secondary N) is 1. The molecule has 3 heterocycles. The highest BCUT2D eigenvalue weighted by atomic mass is 35.5. The van der Waals surface area contributed by atoms with Gasteiger partial charge >= 0.3 is 0 Å². The van der Waals surface area contributed by atoms with Gasteiger partial charge in [0, 0.05) is 38.9 Å². The Morgan fingerprint density at radius 2 is 1.84 bits per heavy atom. The van der Waals surface area contributed by atoms with Crippen molar-refractivity contribution in [2.45, 2.75) is 42.6 Å². The van der Waals surface area contributed by atoms with Gasteiger partial charge in [-0.25, -0.2) is 19.9 Å². The maximum atomic E-state index is 6.05. The molecule has 7 nitrogen and oxygen atoms in total. The van der Waals surface area contributed by atoms with E-state index in [2.05, 4.69) is 41.0 Å². The lowest BCUT2D eigenvalue weighted by atomic mass is 9.91. The van der Waals surface area contributed by atoms with Gasteiger partial charge in [-0.1, -0.05) is 44.1 Å². The predicted octanol–water partition coefficient (Wildman–Crippen LogP) is 7.49. The Labute approximate surface area is 228 Å². The molecule has 0 aliphatic rings. The smallest absolute Gasteiger partial charge is 0.183 e. The van der Waals surface area contributed by atoms with E-state index in [4.69, 9.17) is 27.1 Å². The maximum Gasteiger partial charge on any atom is 0.183 e. The largest absolute Gasteiger partial charge is 0.488 e. The van der Waals surface area contributed by atoms with Crippen molar-refractivity contribution in [2.75, 3.05) is 11.1 Å². The molecule has 3 aromatic heterocycles. The topological polar surface area (TPSA) is 98.8 Å². The second-order valence-corrected chi connectivity index (χ2v) is 12.2. The van der Waals surface area contributed by atoms with Crippen molar-refractivity contribution in [3.8, 4) is 5.75 Å². The second-order valence-electron chi connectivity index (χ2n) is 9.36. The lowest BCUT2D eigenvalue weighted by Crippen LogP contribution is -2.13. The monoisotopic (exact) mass is 548 g/mol. The van der Waals surface area contributed by atoms with E-state index in [-0.39, 0.29) is 5.41 Å². The third-order valence-electron chi connectivity index (χ3n) is 5.48. The van der Waals surface area contributed by atoms with Crippen LogP contribution in [0.15, 0.2) is 76.9 Å². The van der Waals surface area contributed by atoms with Gasteiger partial charge in [-0.2, -0.15) is 0 Å². The maximum absolute atomic E-state index is 6.05. The van der Waals surface area contributed by atoms with Crippen LogP contribution in [0.25, 0.3) is 11.0 Å². The van der Waals surface area contributed by atoms with Crippen LogP contribution in [0.4, 0.5) is 17.2 Å². The molecule has 5 aromatic rings. The standard InChI is InChI=1S/C27H25ClN6OS2/c1-27(2,3)23-11-9-20-24(31-15-32-25(20)34-23)33-21-12-17(35-14-19-13-30-26(28)37-19)6-10-22(21)36-18-7-4-16(29)5-8-18/h4-13,15H,14,29H2,1-3H3,(H,31,32,33,34). The van der Waals surface area contributed by atoms with E-state index in [1.807, 2.05) is 54.6 Å². The highest BCUT2D eigenvalue weighted by Gasteiger charge is 2.17. The van der Waals surface area contributed by atoms with Crippen LogP contribution in [0.1, 0.15) is 31.3 Å². The molecule has 0 saturated heterocycles. The van der Waals surface area contributed by atoms with E-state index >= 15 is 0 Å². The average Bonchev–Trinajstić information content (AvgIpc) is 3.29. The SMILES string of the molecule is CC(C)(C)c1ccc2c(Nc3cc(OCc4cnc(Cl)s4)ccc3Sc3ccc(N)cc3)ncnc2n1. The van der Waals surface area contributed by atoms with Crippen LogP contribution >= 0.6 is 34.7 Å². The first kappa shape index (κ1) is 25.3. The highest BCUT2D eigenvalue weighted by Crippen LogP contribution is 2.38. The summed E-state index contributed by atoms with van der Waals surface area (Å²) in [5.41, 5.74) is 8.99. The quantitative estimate of drug-likeness (QED) is 0.202. The van der Waals surface area contributed by atoms with Crippen LogP contribution in [-0.2, 0) is 12.0 Å². The van der Waals surface area contributed by atoms with Crippen LogP contribution < -0.4 is 15.8 Å². The van der Waals surface area contributed by atoms with Gasteiger partial charge in [0.15, 0.2) is 10.1 Å². The predicted molar refractivity (Wildman–Crippen MR) is 152 cm³/mol. The summed E-state index contributed by atoms with van der Waals surface area (Å²) in [6, 6.07) is 17.8. The van der Waals surface area contributed by atoms with Gasteiger partial charge in [-0.15, -0.1) is 11.3 Å². The molecule has 0 amide bonds. The van der Waals surface area contributed by atoms with Crippen LogP contribution in [0.5, 0.6) is 5.75 Å². The van der Waals surface area contributed by atoms with Crippen LogP contribution in [0, 0.1) is 0 Å². The molecule has 0 aliphatic carbocycles. The zero-order valence-corrected chi connectivity index (χ0v) is 22.9. The molecule has 10 heteroatoms. The molecule has 0 spiro atoms. The number of thiazole rings is 1. The fourth-order valence-corrected chi connectivity index (χ4v) is 5.31. The number of nitrogens with zero attached hydrogens (tertiary/aromatic N) is 4. The first-order valence-corrected chi connectivity index (χ1v) is 13.6. The summed E-state index contributed by atoms with van der Waals surface area (Å²) in [6.07, 6.45) is 3.26. The number of hydrogen-bond acceptors (Lipinski definition) is 9. The number of aromatic nitrogens is 4. The minimum atomic E-state index is -0.0798. The zero-order chi connectivity index (χ0) is 26.0. The van der Waals surface area contributed by atoms with Crippen molar-refractivity contribution in [2.24, 2.45) is 0 Å². The summed E-state index contributed by atoms with van der Waals surface area (Å²) in [6.45, 7) is 6.78. The summed E-state index contributed by atoms with van der Waals surface area (Å²) in [7, 11) is 0. The van der Waals surface area contributed by atoms with Gasteiger partial charge in [0.2, 0.25) is 0 Å². The second kappa shape index (κ2) is 10.5. The average molecular weight is 549 g/mol. The Balaban J connectivity index is 1.49. The number of rotatable bonds is 7. The molecule has 0 atom stereocenters. The van der Waals surface area contributed by atoms with Crippen molar-refractivity contribution in [1.82, 2.24) is 19.9 Å². The van der Waals surface area contributed by atoms with E-state index in [0.29, 0.717) is 28.3 Å². The Hall–Kier alpha value is -3.40. The molecule has 0 radical (unpaired) electrons. The molecule has 0 bridgehead atoms. The first-order chi connectivity index (χ1) is 17.7. The molecule has 0 saturated carbocycles. The highest BCUT2D eigenvalue weighted by molar-refractivity contribution is 7.99. The molecule has 37 heavy (non-hydrogen) atoms. The van der Waals surface area contributed by atoms with Crippen molar-refractivity contribution < 1.29 is 4.74 Å². The molecule has 2 aromatic carbocycles. The molecule has 0 fully saturated rings. The molecular formula is C27H25ClN6OS2. The number of pyridine rings is 1. The number of nitrogens with two attached hydrogens (primary N) is 1. The van der Waals surface area contributed by atoms with E-state index in [1.54, 1.807) is 18.0 Å². The third kappa shape index (κ3) is 6.12. The van der Waals surface area contributed by atoms with Gasteiger partial charge in [0.05, 0.1) is 16.0 Å². The Bertz CT molecular complexity index is 1550. The van der Waals surface area contributed by atoms with Crippen LogP contribution in [-0.4, -0.2) is 19.9 Å². The summed E-state index contributed by atoms with van der Waals surface area (Å²) in [4.78, 5) is 20.8. The van der Waals surface area contributed by atoms with Crippen molar-refractivity contribution in [3.05, 3.63) is 82.2 Å². The van der Waals surface area contributed by atoms with Gasteiger partial charge in [0.1, 0.15) is 24.5 Å². The summed E-state index contributed by atoms with van der Waals surface area (Å²) in [5, 5.41) is 4.34. The molecule has 0 aliphatic heterocycles. The number of hydrogen-bond donors (Lipinski definition) is 2. The van der Waals surface area contributed by atoms with E-state index in [0.717, 1.165) is 37.1 Å². The molecule has 3 N–H and O–H groups in total. The lowest BCUT2D eigenvalue weighted by Gasteiger charge is -2.18. The normalized spacial score (nSPS) is 11.6. The number of ether oxygens (including phenoxy) is 1. The van der Waals surface area contributed by atoms with Crippen molar-refractivity contribution >= 4 is 62.9 Å². The Kier molecular flexibility index (Phi) is 7.19. The molecule has 188 valence electrons. The summed E-state index contributed by atoms with van der Waals surface area (Å²) in [5.74, 6) is 1.38. The van der Waals surface area contributed by atoms with Gasteiger partial charge in [-0.05, 0) is 48.5 Å². The number of benzene rings is 2. The fraction of sp³-hybridized carbons (Fsp3) is 0.185. The van der Waals surface area contributed by atoms with E-state index in [9.17, 15) is 0 Å². The Morgan fingerprint density at radius 1 is 1.03 bits per heavy atom. The number of fused-ring (bicyclic) bond motifs is 1. The van der Waals surface area contributed by atoms with Gasteiger partial charge in [-0.3, -0.25) is 0 Å². The first-order valence-electron chi connectivity index (χ1n) is 11.5. The van der Waals surface area contributed by atoms with Crippen LogP contribution in [0.3, 0.4) is 0 Å². The fourth-order valence-electron chi connectivity index (χ4n) is 3.54. The zero-order valence-electron chi connectivity index (χ0n) is 20.5. The van der Waals surface area contributed by atoms with E-state index in [1.165, 1.54) is 17.7 Å². The molecular weight excluding hydrogens is 524 g/mol. The summed E-state index contributed by atoms with van der Waals surface area (Å²) < 4.78 is 6.54. The van der Waals surface area contributed by atoms with Crippen LogP contribution in [0.2, 0.25) is 4.47 Å². The molecule has 5 rings (SSSR count). The summed E-state index contributed by atoms with van der Waals surface area (Å²) >= 11 is 8.98. The minimum absolute atomic E-state index is 0.0798. The van der Waals surface area contributed by atoms with E-state index < -0.39 is 0 Å². The minimum Gasteiger partial charge on any atom is -0.488 e. The Morgan fingerprint density at radius 3 is 2.57 bits per heavy atom. The number of nitrogen functional groups attached to an aromatic ring is 1. The van der Waals surface area contributed by atoms with Crippen molar-refractivity contribution in [1.29, 1.82) is 0 Å². The molecule has 0 unspecified atom stereocenters. The third-order valence-corrected chi connectivity index (χ3v) is 7.66. The lowest BCUT2D eigenvalue weighted by molar-refractivity contribution is 0.309. The number of halogens is 1. The van der Waals surface area contributed by atoms with Crippen molar-refractivity contribution in [3.63, 3.8) is 0 Å². The number of anilines is 3. The van der Waals surface area contributed by atoms with Gasteiger partial charge in [0.25, 0.3) is 0 Å². The van der Waals surface area contributed by atoms with Gasteiger partial charge < -0.3 is 15.8 Å².